The van der Waals surface area contributed by atoms with Crippen molar-refractivity contribution >= 4 is 0 Å². The van der Waals surface area contributed by atoms with Crippen LogP contribution in [0.15, 0.2) is 0 Å². The minimum Gasteiger partial charge on any atom is -0.292 e. The van der Waals surface area contributed by atoms with E-state index in [1.54, 1.807) is 20.9 Å². The van der Waals surface area contributed by atoms with E-state index in [0.717, 1.165) is 12.8 Å². The Bertz CT molecular complexity index is 211. The third-order valence-corrected chi connectivity index (χ3v) is 3.26. The van der Waals surface area contributed by atoms with Gasteiger partial charge in [0.25, 0.3) is 0 Å². The molecular formula is C13H26F3N. The van der Waals surface area contributed by atoms with Gasteiger partial charge in [-0.3, -0.25) is 4.90 Å². The minimum atomic E-state index is -4.14. The van der Waals surface area contributed by atoms with Gasteiger partial charge in [0.1, 0.15) is 6.04 Å². The van der Waals surface area contributed by atoms with Gasteiger partial charge in [-0.15, -0.1) is 0 Å². The molecule has 0 aliphatic rings. The molecule has 0 spiro atoms. The number of halogens is 3. The van der Waals surface area contributed by atoms with Gasteiger partial charge in [0.15, 0.2) is 0 Å². The van der Waals surface area contributed by atoms with Gasteiger partial charge in [0.05, 0.1) is 0 Å². The summed E-state index contributed by atoms with van der Waals surface area (Å²) < 4.78 is 38.8. The van der Waals surface area contributed by atoms with E-state index in [9.17, 15) is 13.2 Å². The molecule has 104 valence electrons. The lowest BCUT2D eigenvalue weighted by Gasteiger charge is -2.37. The van der Waals surface area contributed by atoms with Crippen LogP contribution in [0.5, 0.6) is 0 Å². The van der Waals surface area contributed by atoms with Gasteiger partial charge >= 0.3 is 6.18 Å². The first-order chi connectivity index (χ1) is 7.57. The van der Waals surface area contributed by atoms with Crippen molar-refractivity contribution in [1.29, 1.82) is 0 Å². The topological polar surface area (TPSA) is 3.24 Å². The van der Waals surface area contributed by atoms with E-state index in [4.69, 9.17) is 0 Å². The second-order valence-corrected chi connectivity index (χ2v) is 5.72. The quantitative estimate of drug-likeness (QED) is 0.681. The third-order valence-electron chi connectivity index (χ3n) is 3.26. The summed E-state index contributed by atoms with van der Waals surface area (Å²) >= 11 is 0. The highest BCUT2D eigenvalue weighted by Crippen LogP contribution is 2.31. The molecule has 0 aromatic heterocycles. The molecule has 0 saturated carbocycles. The van der Waals surface area contributed by atoms with Crippen molar-refractivity contribution in [2.75, 3.05) is 7.05 Å². The summed E-state index contributed by atoms with van der Waals surface area (Å²) in [6.07, 6.45) is -2.36. The maximum absolute atomic E-state index is 12.9. The molecule has 17 heavy (non-hydrogen) atoms. The maximum Gasteiger partial charge on any atom is 0.404 e. The molecule has 0 bridgehead atoms. The Labute approximate surface area is 103 Å². The van der Waals surface area contributed by atoms with Crippen LogP contribution in [0.2, 0.25) is 0 Å². The van der Waals surface area contributed by atoms with Crippen LogP contribution in [-0.2, 0) is 0 Å². The smallest absolute Gasteiger partial charge is 0.292 e. The summed E-state index contributed by atoms with van der Waals surface area (Å²) in [6.45, 7) is 9.32. The predicted octanol–water partition coefficient (Wildman–Crippen LogP) is 4.33. The summed E-state index contributed by atoms with van der Waals surface area (Å²) in [6, 6.07) is -1.38. The van der Waals surface area contributed by atoms with Gasteiger partial charge in [0.2, 0.25) is 0 Å². The molecule has 0 heterocycles. The van der Waals surface area contributed by atoms with Crippen molar-refractivity contribution < 1.29 is 13.2 Å². The Kier molecular flexibility index (Phi) is 6.52. The molecule has 0 radical (unpaired) electrons. The molecule has 2 atom stereocenters. The molecule has 0 fully saturated rings. The van der Waals surface area contributed by atoms with Gasteiger partial charge in [-0.25, -0.2) is 0 Å². The monoisotopic (exact) mass is 253 g/mol. The van der Waals surface area contributed by atoms with Crippen LogP contribution in [-0.4, -0.2) is 30.2 Å². The number of hydrogen-bond donors (Lipinski definition) is 0. The zero-order chi connectivity index (χ0) is 13.8. The largest absolute Gasteiger partial charge is 0.404 e. The highest BCUT2D eigenvalue weighted by Gasteiger charge is 2.45. The third kappa shape index (κ3) is 5.75. The molecule has 4 heteroatoms. The molecule has 0 unspecified atom stereocenters. The average molecular weight is 253 g/mol. The minimum absolute atomic E-state index is 0.0357. The fraction of sp³-hybridized carbons (Fsp3) is 1.00. The molecule has 1 nitrogen and oxygen atoms in total. The van der Waals surface area contributed by atoms with Crippen molar-refractivity contribution in [2.45, 2.75) is 65.7 Å². The summed E-state index contributed by atoms with van der Waals surface area (Å²) in [4.78, 5) is 1.48. The molecule has 0 rings (SSSR count). The fourth-order valence-corrected chi connectivity index (χ4v) is 2.13. The van der Waals surface area contributed by atoms with Crippen LogP contribution < -0.4 is 0 Å². The summed E-state index contributed by atoms with van der Waals surface area (Å²) in [5.74, 6) is 0.121. The van der Waals surface area contributed by atoms with Crippen molar-refractivity contribution in [3.05, 3.63) is 0 Å². The normalized spacial score (nSPS) is 16.9. The van der Waals surface area contributed by atoms with E-state index in [2.05, 4.69) is 13.8 Å². The second-order valence-electron chi connectivity index (χ2n) is 5.72. The lowest BCUT2D eigenvalue weighted by atomic mass is 9.98. The molecule has 0 aliphatic heterocycles. The Morgan fingerprint density at radius 3 is 1.71 bits per heavy atom. The fourth-order valence-electron chi connectivity index (χ4n) is 2.13. The zero-order valence-electron chi connectivity index (χ0n) is 11.8. The van der Waals surface area contributed by atoms with E-state index in [1.165, 1.54) is 4.90 Å². The first-order valence-electron chi connectivity index (χ1n) is 6.36. The van der Waals surface area contributed by atoms with Crippen molar-refractivity contribution in [1.82, 2.24) is 4.90 Å². The van der Waals surface area contributed by atoms with Crippen LogP contribution in [0.4, 0.5) is 13.2 Å². The van der Waals surface area contributed by atoms with E-state index in [-0.39, 0.29) is 6.04 Å². The summed E-state index contributed by atoms with van der Waals surface area (Å²) in [7, 11) is 1.59. The first-order valence-corrected chi connectivity index (χ1v) is 6.36. The van der Waals surface area contributed by atoms with Crippen LogP contribution in [0.25, 0.3) is 0 Å². The lowest BCUT2D eigenvalue weighted by Crippen LogP contribution is -2.50. The van der Waals surface area contributed by atoms with E-state index in [0.29, 0.717) is 5.92 Å². The van der Waals surface area contributed by atoms with Crippen molar-refractivity contribution in [3.63, 3.8) is 0 Å². The molecule has 0 N–H and O–H groups in total. The molecular weight excluding hydrogens is 227 g/mol. The Balaban J connectivity index is 4.56. The van der Waals surface area contributed by atoms with Gasteiger partial charge < -0.3 is 0 Å². The number of rotatable bonds is 6. The lowest BCUT2D eigenvalue weighted by molar-refractivity contribution is -0.196. The number of alkyl halides is 3. The van der Waals surface area contributed by atoms with E-state index in [1.807, 2.05) is 6.92 Å². The highest BCUT2D eigenvalue weighted by atomic mass is 19.4. The number of nitrogens with zero attached hydrogens (tertiary/aromatic N) is 1. The number of hydrogen-bond acceptors (Lipinski definition) is 1. The molecule has 0 aromatic rings. The predicted molar refractivity (Wildman–Crippen MR) is 66.0 cm³/mol. The average Bonchev–Trinajstić information content (AvgIpc) is 2.10. The summed E-state index contributed by atoms with van der Waals surface area (Å²) in [5, 5.41) is 0. The molecule has 0 aromatic carbocycles. The summed E-state index contributed by atoms with van der Waals surface area (Å²) in [5.41, 5.74) is 0. The Morgan fingerprint density at radius 2 is 1.41 bits per heavy atom. The van der Waals surface area contributed by atoms with Crippen molar-refractivity contribution in [2.24, 2.45) is 11.8 Å². The van der Waals surface area contributed by atoms with E-state index < -0.39 is 18.1 Å². The first kappa shape index (κ1) is 16.8. The standard InChI is InChI=1S/C13H26F3N/c1-9(2)7-8-11(5)17(6)12(10(3)4)13(14,15)16/h9-12H,7-8H2,1-6H3/t11-,12+/m1/s1. The SMILES string of the molecule is CC(C)CC[C@@H](C)N(C)[C@@H](C(C)C)C(F)(F)F. The Morgan fingerprint density at radius 1 is 0.941 bits per heavy atom. The van der Waals surface area contributed by atoms with Crippen LogP contribution >= 0.6 is 0 Å². The molecule has 0 saturated heterocycles. The molecule has 0 aliphatic carbocycles. The zero-order valence-corrected chi connectivity index (χ0v) is 11.8. The van der Waals surface area contributed by atoms with Gasteiger partial charge in [-0.05, 0) is 38.6 Å². The second kappa shape index (κ2) is 6.62. The maximum atomic E-state index is 12.9. The van der Waals surface area contributed by atoms with Gasteiger partial charge in [0, 0.05) is 6.04 Å². The van der Waals surface area contributed by atoms with Crippen LogP contribution in [0, 0.1) is 11.8 Å². The van der Waals surface area contributed by atoms with E-state index >= 15 is 0 Å². The van der Waals surface area contributed by atoms with Gasteiger partial charge in [-0.2, -0.15) is 13.2 Å². The van der Waals surface area contributed by atoms with Gasteiger partial charge in [-0.1, -0.05) is 27.7 Å². The molecule has 0 amide bonds. The van der Waals surface area contributed by atoms with Crippen molar-refractivity contribution in [3.8, 4) is 0 Å². The van der Waals surface area contributed by atoms with Crippen LogP contribution in [0.3, 0.4) is 0 Å². The highest BCUT2D eigenvalue weighted by molar-refractivity contribution is 4.82. The van der Waals surface area contributed by atoms with Crippen LogP contribution in [0.1, 0.15) is 47.5 Å². The Hall–Kier alpha value is -0.250.